The first-order valence-corrected chi connectivity index (χ1v) is 8.55. The van der Waals surface area contributed by atoms with E-state index in [1.165, 1.54) is 12.8 Å². The maximum atomic E-state index is 6.58. The van der Waals surface area contributed by atoms with E-state index in [-0.39, 0.29) is 6.10 Å². The number of hydrogen-bond acceptors (Lipinski definition) is 3. The SMILES string of the molecule is c1ccc(C2(c3ccccc3)OCC([C@@H]3CCCCN3)O2)cc1. The minimum atomic E-state index is -0.785. The van der Waals surface area contributed by atoms with Crippen molar-refractivity contribution in [1.29, 1.82) is 0 Å². The molecule has 2 atom stereocenters. The first-order chi connectivity index (χ1) is 11.4. The summed E-state index contributed by atoms with van der Waals surface area (Å²) in [4.78, 5) is 0. The number of nitrogens with one attached hydrogen (secondary N) is 1. The van der Waals surface area contributed by atoms with E-state index in [1.54, 1.807) is 0 Å². The van der Waals surface area contributed by atoms with Crippen LogP contribution < -0.4 is 5.32 Å². The van der Waals surface area contributed by atoms with E-state index in [0.717, 1.165) is 24.1 Å². The molecular weight excluding hydrogens is 286 g/mol. The number of piperidine rings is 1. The summed E-state index contributed by atoms with van der Waals surface area (Å²) >= 11 is 0. The van der Waals surface area contributed by atoms with E-state index in [2.05, 4.69) is 29.6 Å². The topological polar surface area (TPSA) is 30.5 Å². The Balaban J connectivity index is 1.68. The van der Waals surface area contributed by atoms with Crippen molar-refractivity contribution in [2.24, 2.45) is 0 Å². The Kier molecular flexibility index (Phi) is 4.17. The maximum Gasteiger partial charge on any atom is 0.222 e. The molecule has 2 heterocycles. The second-order valence-corrected chi connectivity index (χ2v) is 6.37. The Morgan fingerprint density at radius 2 is 1.52 bits per heavy atom. The zero-order chi connectivity index (χ0) is 15.5. The van der Waals surface area contributed by atoms with Gasteiger partial charge in [-0.15, -0.1) is 0 Å². The summed E-state index contributed by atoms with van der Waals surface area (Å²) in [6, 6.07) is 20.9. The summed E-state index contributed by atoms with van der Waals surface area (Å²) in [6.45, 7) is 1.70. The summed E-state index contributed by atoms with van der Waals surface area (Å²) in [5.74, 6) is -0.785. The third-order valence-electron chi connectivity index (χ3n) is 4.87. The van der Waals surface area contributed by atoms with Gasteiger partial charge in [-0.25, -0.2) is 0 Å². The van der Waals surface area contributed by atoms with Crippen molar-refractivity contribution < 1.29 is 9.47 Å². The monoisotopic (exact) mass is 309 g/mol. The van der Waals surface area contributed by atoms with Crippen LogP contribution in [0.2, 0.25) is 0 Å². The predicted molar refractivity (Wildman–Crippen MR) is 90.1 cm³/mol. The van der Waals surface area contributed by atoms with Gasteiger partial charge < -0.3 is 14.8 Å². The molecule has 2 aromatic carbocycles. The summed E-state index contributed by atoms with van der Waals surface area (Å²) in [6.07, 6.45) is 3.78. The lowest BCUT2D eigenvalue weighted by molar-refractivity contribution is -0.146. The highest BCUT2D eigenvalue weighted by Gasteiger charge is 2.47. The summed E-state index contributed by atoms with van der Waals surface area (Å²) in [5.41, 5.74) is 2.12. The molecule has 1 N–H and O–H groups in total. The Hall–Kier alpha value is -1.68. The Bertz CT molecular complexity index is 583. The van der Waals surface area contributed by atoms with Crippen LogP contribution in [0.3, 0.4) is 0 Å². The highest BCUT2D eigenvalue weighted by molar-refractivity contribution is 5.34. The first-order valence-electron chi connectivity index (χ1n) is 8.55. The molecule has 0 saturated carbocycles. The molecule has 0 aromatic heterocycles. The zero-order valence-corrected chi connectivity index (χ0v) is 13.3. The molecule has 1 unspecified atom stereocenters. The Morgan fingerprint density at radius 1 is 0.870 bits per heavy atom. The molecular formula is C20H23NO2. The molecule has 2 aliphatic rings. The fraction of sp³-hybridized carbons (Fsp3) is 0.400. The van der Waals surface area contributed by atoms with Crippen molar-refractivity contribution in [1.82, 2.24) is 5.32 Å². The standard InChI is InChI=1S/C20H23NO2/c1-3-9-16(10-4-1)20(17-11-5-2-6-12-17)22-15-19(23-20)18-13-7-8-14-21-18/h1-6,9-12,18-19,21H,7-8,13-15H2/t18-,19?/m0/s1. The van der Waals surface area contributed by atoms with Gasteiger partial charge in [0.2, 0.25) is 5.79 Å². The molecule has 3 nitrogen and oxygen atoms in total. The molecule has 0 amide bonds. The van der Waals surface area contributed by atoms with Gasteiger partial charge in [-0.1, -0.05) is 67.1 Å². The first kappa shape index (κ1) is 14.9. The van der Waals surface area contributed by atoms with Crippen LogP contribution >= 0.6 is 0 Å². The normalized spacial score (nSPS) is 27.0. The highest BCUT2D eigenvalue weighted by atomic mass is 16.7. The van der Waals surface area contributed by atoms with Gasteiger partial charge in [-0.05, 0) is 19.4 Å². The van der Waals surface area contributed by atoms with E-state index in [1.807, 2.05) is 36.4 Å². The molecule has 2 aliphatic heterocycles. The van der Waals surface area contributed by atoms with E-state index in [4.69, 9.17) is 9.47 Å². The third-order valence-corrected chi connectivity index (χ3v) is 4.87. The van der Waals surface area contributed by atoms with Crippen molar-refractivity contribution in [2.75, 3.05) is 13.2 Å². The average Bonchev–Trinajstić information content (AvgIpc) is 3.11. The van der Waals surface area contributed by atoms with Crippen LogP contribution in [0.1, 0.15) is 30.4 Å². The largest absolute Gasteiger partial charge is 0.339 e. The van der Waals surface area contributed by atoms with E-state index >= 15 is 0 Å². The molecule has 120 valence electrons. The lowest BCUT2D eigenvalue weighted by Gasteiger charge is -2.32. The van der Waals surface area contributed by atoms with Crippen LogP contribution in [0.5, 0.6) is 0 Å². The van der Waals surface area contributed by atoms with Crippen molar-refractivity contribution in [3.05, 3.63) is 71.8 Å². The maximum absolute atomic E-state index is 6.58. The van der Waals surface area contributed by atoms with Crippen LogP contribution in [0.15, 0.2) is 60.7 Å². The average molecular weight is 309 g/mol. The molecule has 2 fully saturated rings. The number of ether oxygens (including phenoxy) is 2. The fourth-order valence-corrected chi connectivity index (χ4v) is 3.66. The van der Waals surface area contributed by atoms with Gasteiger partial charge in [-0.2, -0.15) is 0 Å². The van der Waals surface area contributed by atoms with E-state index < -0.39 is 5.79 Å². The second-order valence-electron chi connectivity index (χ2n) is 6.37. The lowest BCUT2D eigenvalue weighted by Crippen LogP contribution is -2.45. The van der Waals surface area contributed by atoms with Crippen molar-refractivity contribution in [3.63, 3.8) is 0 Å². The van der Waals surface area contributed by atoms with Gasteiger partial charge >= 0.3 is 0 Å². The van der Waals surface area contributed by atoms with Crippen LogP contribution in [-0.4, -0.2) is 25.3 Å². The molecule has 0 aliphatic carbocycles. The van der Waals surface area contributed by atoms with Crippen LogP contribution in [0.4, 0.5) is 0 Å². The summed E-state index contributed by atoms with van der Waals surface area (Å²) < 4.78 is 12.9. The summed E-state index contributed by atoms with van der Waals surface area (Å²) in [7, 11) is 0. The molecule has 23 heavy (non-hydrogen) atoms. The zero-order valence-electron chi connectivity index (χ0n) is 13.3. The lowest BCUT2D eigenvalue weighted by atomic mass is 9.97. The number of benzene rings is 2. The number of hydrogen-bond donors (Lipinski definition) is 1. The molecule has 0 radical (unpaired) electrons. The van der Waals surface area contributed by atoms with Gasteiger partial charge in [0, 0.05) is 17.2 Å². The fourth-order valence-electron chi connectivity index (χ4n) is 3.66. The van der Waals surface area contributed by atoms with Gasteiger partial charge in [0.05, 0.1) is 6.61 Å². The second kappa shape index (κ2) is 6.44. The third kappa shape index (κ3) is 2.80. The molecule has 2 aromatic rings. The van der Waals surface area contributed by atoms with Crippen LogP contribution in [-0.2, 0) is 15.3 Å². The van der Waals surface area contributed by atoms with Crippen LogP contribution in [0.25, 0.3) is 0 Å². The van der Waals surface area contributed by atoms with Gasteiger partial charge in [-0.3, -0.25) is 0 Å². The van der Waals surface area contributed by atoms with Crippen molar-refractivity contribution in [2.45, 2.75) is 37.2 Å². The molecule has 4 rings (SSSR count). The quantitative estimate of drug-likeness (QED) is 0.942. The van der Waals surface area contributed by atoms with Gasteiger partial charge in [0.25, 0.3) is 0 Å². The van der Waals surface area contributed by atoms with Gasteiger partial charge in [0.1, 0.15) is 6.10 Å². The Morgan fingerprint density at radius 3 is 2.09 bits per heavy atom. The molecule has 0 bridgehead atoms. The van der Waals surface area contributed by atoms with Crippen molar-refractivity contribution >= 4 is 0 Å². The molecule has 0 spiro atoms. The van der Waals surface area contributed by atoms with Gasteiger partial charge in [0.15, 0.2) is 0 Å². The smallest absolute Gasteiger partial charge is 0.222 e. The van der Waals surface area contributed by atoms with E-state index in [9.17, 15) is 0 Å². The number of rotatable bonds is 3. The predicted octanol–water partition coefficient (Wildman–Crippen LogP) is 3.45. The summed E-state index contributed by atoms with van der Waals surface area (Å²) in [5, 5.41) is 3.60. The van der Waals surface area contributed by atoms with Crippen molar-refractivity contribution in [3.8, 4) is 0 Å². The van der Waals surface area contributed by atoms with E-state index in [0.29, 0.717) is 12.6 Å². The minimum absolute atomic E-state index is 0.0933. The highest BCUT2D eigenvalue weighted by Crippen LogP contribution is 2.41. The molecule has 3 heteroatoms. The minimum Gasteiger partial charge on any atom is -0.339 e. The Labute approximate surface area is 137 Å². The van der Waals surface area contributed by atoms with Crippen LogP contribution in [0, 0.1) is 0 Å². The molecule has 2 saturated heterocycles.